The number of anilines is 2. The summed E-state index contributed by atoms with van der Waals surface area (Å²) in [7, 11) is 2.11. The van der Waals surface area contributed by atoms with E-state index in [-0.39, 0.29) is 0 Å². The number of hydrogen-bond donors (Lipinski definition) is 1. The van der Waals surface area contributed by atoms with E-state index >= 15 is 0 Å². The molecule has 1 atom stereocenters. The average molecular weight is 268 g/mol. The Kier molecular flexibility index (Phi) is 6.19. The van der Waals surface area contributed by atoms with Gasteiger partial charge < -0.3 is 15.4 Å². The first-order valence-electron chi connectivity index (χ1n) is 6.33. The third kappa shape index (κ3) is 4.33. The van der Waals surface area contributed by atoms with E-state index in [4.69, 9.17) is 10.5 Å². The molecule has 0 saturated heterocycles. The van der Waals surface area contributed by atoms with Crippen LogP contribution >= 0.6 is 11.8 Å². The highest BCUT2D eigenvalue weighted by Crippen LogP contribution is 2.26. The number of nitrogen functional groups attached to an aromatic ring is 1. The first-order chi connectivity index (χ1) is 8.58. The third-order valence-electron chi connectivity index (χ3n) is 3.03. The third-order valence-corrected chi connectivity index (χ3v) is 3.68. The van der Waals surface area contributed by atoms with Crippen LogP contribution in [0, 0.1) is 0 Å². The van der Waals surface area contributed by atoms with Crippen molar-refractivity contribution in [3.05, 3.63) is 18.2 Å². The molecule has 1 unspecified atom stereocenters. The van der Waals surface area contributed by atoms with Gasteiger partial charge in [0.1, 0.15) is 5.75 Å². The van der Waals surface area contributed by atoms with E-state index in [0.29, 0.717) is 12.6 Å². The molecular weight excluding hydrogens is 244 g/mol. The van der Waals surface area contributed by atoms with Crippen LogP contribution in [-0.2, 0) is 0 Å². The topological polar surface area (TPSA) is 38.5 Å². The molecule has 1 aromatic carbocycles. The van der Waals surface area contributed by atoms with Crippen LogP contribution in [0.2, 0.25) is 0 Å². The number of thioether (sulfide) groups is 1. The van der Waals surface area contributed by atoms with Crippen molar-refractivity contribution in [2.24, 2.45) is 0 Å². The maximum atomic E-state index is 5.92. The van der Waals surface area contributed by atoms with Crippen molar-refractivity contribution in [2.75, 3.05) is 36.3 Å². The van der Waals surface area contributed by atoms with Crippen molar-refractivity contribution >= 4 is 23.1 Å². The van der Waals surface area contributed by atoms with E-state index < -0.39 is 0 Å². The van der Waals surface area contributed by atoms with Crippen LogP contribution < -0.4 is 15.4 Å². The van der Waals surface area contributed by atoms with Gasteiger partial charge >= 0.3 is 0 Å². The van der Waals surface area contributed by atoms with Crippen molar-refractivity contribution in [1.82, 2.24) is 0 Å². The zero-order valence-corrected chi connectivity index (χ0v) is 12.6. The molecule has 0 spiro atoms. The summed E-state index contributed by atoms with van der Waals surface area (Å²) in [6.45, 7) is 4.88. The number of ether oxygens (including phenoxy) is 1. The second kappa shape index (κ2) is 7.41. The van der Waals surface area contributed by atoms with Crippen LogP contribution in [-0.4, -0.2) is 31.7 Å². The second-order valence-corrected chi connectivity index (χ2v) is 5.42. The summed E-state index contributed by atoms with van der Waals surface area (Å²) in [4.78, 5) is 2.26. The molecule has 102 valence electrons. The predicted molar refractivity (Wildman–Crippen MR) is 82.9 cm³/mol. The van der Waals surface area contributed by atoms with Crippen LogP contribution in [0.1, 0.15) is 20.3 Å². The molecule has 0 aliphatic heterocycles. The van der Waals surface area contributed by atoms with E-state index in [1.165, 1.54) is 5.75 Å². The Bertz CT molecular complexity index is 371. The summed E-state index contributed by atoms with van der Waals surface area (Å²) in [5.74, 6) is 2.02. The van der Waals surface area contributed by atoms with Gasteiger partial charge in [-0.15, -0.1) is 0 Å². The highest BCUT2D eigenvalue weighted by atomic mass is 32.2. The summed E-state index contributed by atoms with van der Waals surface area (Å²) in [5, 5.41) is 0. The largest absolute Gasteiger partial charge is 0.494 e. The van der Waals surface area contributed by atoms with Gasteiger partial charge in [-0.2, -0.15) is 11.8 Å². The molecule has 0 aromatic heterocycles. The molecule has 2 N–H and O–H groups in total. The van der Waals surface area contributed by atoms with Crippen LogP contribution in [0.25, 0.3) is 0 Å². The van der Waals surface area contributed by atoms with Crippen molar-refractivity contribution < 1.29 is 4.74 Å². The Morgan fingerprint density at radius 1 is 1.39 bits per heavy atom. The summed E-state index contributed by atoms with van der Waals surface area (Å²) in [6, 6.07) is 6.41. The van der Waals surface area contributed by atoms with Gasteiger partial charge in [-0.25, -0.2) is 0 Å². The Morgan fingerprint density at radius 3 is 2.72 bits per heavy atom. The van der Waals surface area contributed by atoms with Crippen LogP contribution in [0.3, 0.4) is 0 Å². The van der Waals surface area contributed by atoms with E-state index in [1.54, 1.807) is 0 Å². The van der Waals surface area contributed by atoms with Crippen LogP contribution in [0.15, 0.2) is 18.2 Å². The predicted octanol–water partition coefficient (Wildman–Crippen LogP) is 3.25. The highest BCUT2D eigenvalue weighted by Gasteiger charge is 2.11. The van der Waals surface area contributed by atoms with E-state index in [0.717, 1.165) is 23.5 Å². The average Bonchev–Trinajstić information content (AvgIpc) is 2.34. The normalized spacial score (nSPS) is 12.2. The maximum Gasteiger partial charge on any atom is 0.123 e. The number of nitrogens with two attached hydrogens (primary N) is 1. The summed E-state index contributed by atoms with van der Waals surface area (Å²) < 4.78 is 5.53. The van der Waals surface area contributed by atoms with Gasteiger partial charge in [-0.05, 0) is 38.3 Å². The highest BCUT2D eigenvalue weighted by molar-refractivity contribution is 7.98. The lowest BCUT2D eigenvalue weighted by molar-refractivity contribution is 0.340. The van der Waals surface area contributed by atoms with Crippen molar-refractivity contribution in [3.63, 3.8) is 0 Å². The van der Waals surface area contributed by atoms with Gasteiger partial charge in [0.05, 0.1) is 6.61 Å². The molecule has 1 rings (SSSR count). The fourth-order valence-electron chi connectivity index (χ4n) is 1.80. The molecule has 0 amide bonds. The van der Waals surface area contributed by atoms with Crippen molar-refractivity contribution in [3.8, 4) is 5.75 Å². The van der Waals surface area contributed by atoms with Crippen LogP contribution in [0.4, 0.5) is 11.4 Å². The molecule has 3 nitrogen and oxygen atoms in total. The summed E-state index contributed by atoms with van der Waals surface area (Å²) >= 11 is 1.88. The number of rotatable bonds is 7. The Labute approximate surface area is 115 Å². The van der Waals surface area contributed by atoms with Gasteiger partial charge in [-0.3, -0.25) is 0 Å². The quantitative estimate of drug-likeness (QED) is 0.770. The lowest BCUT2D eigenvalue weighted by Gasteiger charge is -2.27. The summed E-state index contributed by atoms with van der Waals surface area (Å²) in [5.41, 5.74) is 7.78. The molecule has 4 heteroatoms. The Morgan fingerprint density at radius 2 is 2.11 bits per heavy atom. The fourth-order valence-corrected chi connectivity index (χ4v) is 2.37. The SMILES string of the molecule is CCOc1cc(N)cc(N(C)C(C)CCSC)c1. The van der Waals surface area contributed by atoms with Crippen LogP contribution in [0.5, 0.6) is 5.75 Å². The lowest BCUT2D eigenvalue weighted by Crippen LogP contribution is -2.29. The van der Waals surface area contributed by atoms with Crippen molar-refractivity contribution in [2.45, 2.75) is 26.3 Å². The number of hydrogen-bond acceptors (Lipinski definition) is 4. The first-order valence-corrected chi connectivity index (χ1v) is 7.73. The standard InChI is InChI=1S/C14H24N2OS/c1-5-17-14-9-12(15)8-13(10-14)16(3)11(2)6-7-18-4/h8-11H,5-7,15H2,1-4H3. The second-order valence-electron chi connectivity index (χ2n) is 4.43. The molecular formula is C14H24N2OS. The molecule has 0 bridgehead atoms. The van der Waals surface area contributed by atoms with Gasteiger partial charge in [-0.1, -0.05) is 0 Å². The molecule has 0 aliphatic rings. The molecule has 0 radical (unpaired) electrons. The molecule has 18 heavy (non-hydrogen) atoms. The van der Waals surface area contributed by atoms with E-state index in [1.807, 2.05) is 30.8 Å². The fraction of sp³-hybridized carbons (Fsp3) is 0.571. The molecule has 0 heterocycles. The monoisotopic (exact) mass is 268 g/mol. The van der Waals surface area contributed by atoms with E-state index in [2.05, 4.69) is 31.2 Å². The minimum atomic E-state index is 0.494. The molecule has 0 aliphatic carbocycles. The van der Waals surface area contributed by atoms with Gasteiger partial charge in [0.15, 0.2) is 0 Å². The van der Waals surface area contributed by atoms with E-state index in [9.17, 15) is 0 Å². The molecule has 0 saturated carbocycles. The smallest absolute Gasteiger partial charge is 0.123 e. The summed E-state index contributed by atoms with van der Waals surface area (Å²) in [6.07, 6.45) is 3.30. The minimum absolute atomic E-state index is 0.494. The van der Waals surface area contributed by atoms with Crippen molar-refractivity contribution in [1.29, 1.82) is 0 Å². The Balaban J connectivity index is 2.80. The molecule has 0 fully saturated rings. The maximum absolute atomic E-state index is 5.92. The zero-order valence-electron chi connectivity index (χ0n) is 11.8. The Hall–Kier alpha value is -1.03. The minimum Gasteiger partial charge on any atom is -0.494 e. The number of nitrogens with zero attached hydrogens (tertiary/aromatic N) is 1. The first kappa shape index (κ1) is 15.0. The number of benzene rings is 1. The lowest BCUT2D eigenvalue weighted by atomic mass is 10.2. The molecule has 1 aromatic rings. The van der Waals surface area contributed by atoms with Gasteiger partial charge in [0.2, 0.25) is 0 Å². The zero-order chi connectivity index (χ0) is 13.5. The van der Waals surface area contributed by atoms with Gasteiger partial charge in [0, 0.05) is 36.6 Å². The van der Waals surface area contributed by atoms with Gasteiger partial charge in [0.25, 0.3) is 0 Å².